The number of aryl methyl sites for hydroxylation is 1. The number of morpholine rings is 1. The van der Waals surface area contributed by atoms with Gasteiger partial charge >= 0.3 is 5.69 Å². The Morgan fingerprint density at radius 1 is 1.18 bits per heavy atom. The summed E-state index contributed by atoms with van der Waals surface area (Å²) in [6, 6.07) is 4.72. The minimum absolute atomic E-state index is 0.0889. The van der Waals surface area contributed by atoms with E-state index in [0.29, 0.717) is 79.4 Å². The van der Waals surface area contributed by atoms with Crippen LogP contribution < -0.4 is 15.1 Å². The van der Waals surface area contributed by atoms with E-state index in [9.17, 15) is 13.2 Å². The number of hydrogen-bond acceptors (Lipinski definition) is 8. The maximum atomic E-state index is 13.3. The molecule has 1 aliphatic rings. The smallest absolute Gasteiger partial charge is 0.335 e. The van der Waals surface area contributed by atoms with E-state index in [-0.39, 0.29) is 15.6 Å². The van der Waals surface area contributed by atoms with Gasteiger partial charge in [-0.05, 0) is 44.0 Å². The van der Waals surface area contributed by atoms with Crippen molar-refractivity contribution < 1.29 is 17.9 Å². The lowest BCUT2D eigenvalue weighted by atomic mass is 10.1. The molecule has 40 heavy (non-hydrogen) atoms. The van der Waals surface area contributed by atoms with Crippen LogP contribution in [0.15, 0.2) is 34.2 Å². The van der Waals surface area contributed by atoms with Gasteiger partial charge in [-0.3, -0.25) is 9.47 Å². The van der Waals surface area contributed by atoms with Gasteiger partial charge in [0.2, 0.25) is 10.0 Å². The van der Waals surface area contributed by atoms with E-state index < -0.39 is 10.0 Å². The van der Waals surface area contributed by atoms with Gasteiger partial charge in [0, 0.05) is 31.7 Å². The zero-order chi connectivity index (χ0) is 28.3. The Labute approximate surface area is 237 Å². The van der Waals surface area contributed by atoms with Crippen molar-refractivity contribution in [1.82, 2.24) is 33.8 Å². The predicted octanol–water partition coefficient (Wildman–Crippen LogP) is 2.89. The minimum atomic E-state index is -3.81. The molecule has 4 heterocycles. The van der Waals surface area contributed by atoms with Crippen LogP contribution in [-0.2, 0) is 21.3 Å². The molecular weight excluding hydrogens is 558 g/mol. The molecule has 3 aromatic heterocycles. The highest BCUT2D eigenvalue weighted by Crippen LogP contribution is 2.40. The highest BCUT2D eigenvalue weighted by Gasteiger charge is 2.24. The second kappa shape index (κ2) is 12.3. The predicted molar refractivity (Wildman–Crippen MR) is 153 cm³/mol. The Morgan fingerprint density at radius 2 is 1.98 bits per heavy atom. The molecule has 4 aromatic rings. The number of sulfonamides is 1. The summed E-state index contributed by atoms with van der Waals surface area (Å²) in [5.74, 6) is 0.475. The molecule has 0 amide bonds. The highest BCUT2D eigenvalue weighted by atomic mass is 35.5. The van der Waals surface area contributed by atoms with Gasteiger partial charge < -0.3 is 14.5 Å². The molecule has 1 saturated heterocycles. The second-order valence-corrected chi connectivity index (χ2v) is 11.9. The van der Waals surface area contributed by atoms with Gasteiger partial charge in [0.25, 0.3) is 0 Å². The first kappa shape index (κ1) is 28.6. The summed E-state index contributed by atoms with van der Waals surface area (Å²) in [5, 5.41) is 8.31. The molecule has 0 spiro atoms. The maximum Gasteiger partial charge on any atom is 0.335 e. The molecule has 1 fully saturated rings. The molecule has 14 heteroatoms. The molecule has 0 saturated carbocycles. The Morgan fingerprint density at radius 3 is 2.73 bits per heavy atom. The van der Waals surface area contributed by atoms with Gasteiger partial charge in [0.05, 0.1) is 40.9 Å². The third-order valence-electron chi connectivity index (χ3n) is 6.88. The van der Waals surface area contributed by atoms with E-state index in [1.165, 1.54) is 16.8 Å². The zero-order valence-corrected chi connectivity index (χ0v) is 24.2. The van der Waals surface area contributed by atoms with E-state index in [1.807, 2.05) is 13.8 Å². The van der Waals surface area contributed by atoms with Crippen LogP contribution in [0.2, 0.25) is 5.02 Å². The van der Waals surface area contributed by atoms with Crippen LogP contribution in [0.25, 0.3) is 27.9 Å². The number of nitrogens with zero attached hydrogens (tertiary/aromatic N) is 5. The van der Waals surface area contributed by atoms with Crippen molar-refractivity contribution in [3.05, 3.63) is 40.0 Å². The second-order valence-electron chi connectivity index (χ2n) is 9.71. The van der Waals surface area contributed by atoms with Gasteiger partial charge in [-0.25, -0.2) is 22.3 Å². The average molecular weight is 592 g/mol. The van der Waals surface area contributed by atoms with E-state index >= 15 is 0 Å². The first-order valence-corrected chi connectivity index (χ1v) is 15.4. The molecule has 0 bridgehead atoms. The van der Waals surface area contributed by atoms with E-state index in [1.54, 1.807) is 16.7 Å². The fourth-order valence-electron chi connectivity index (χ4n) is 4.90. The van der Waals surface area contributed by atoms with Crippen LogP contribution in [0.5, 0.6) is 5.75 Å². The summed E-state index contributed by atoms with van der Waals surface area (Å²) >= 11 is 6.94. The standard InChI is InChI=1S/C26H34ClN7O5S/c1-3-9-33-24-21(27)22(30-23(24)25-31-28-17-34(25)26(33)35)19-16-18(6-7-20(19)39-13-4-2)40(36,37)29-8-5-10-32-11-14-38-15-12-32/h6-7,16-17,29-30H,3-5,8-15H2,1-2H3. The van der Waals surface area contributed by atoms with Crippen molar-refractivity contribution >= 4 is 38.3 Å². The summed E-state index contributed by atoms with van der Waals surface area (Å²) < 4.78 is 43.6. The van der Waals surface area contributed by atoms with Crippen LogP contribution in [-0.4, -0.2) is 83.5 Å². The summed E-state index contributed by atoms with van der Waals surface area (Å²) in [6.45, 7) is 9.04. The van der Waals surface area contributed by atoms with Gasteiger partial charge in [-0.1, -0.05) is 25.4 Å². The summed E-state index contributed by atoms with van der Waals surface area (Å²) in [7, 11) is -3.81. The summed E-state index contributed by atoms with van der Waals surface area (Å²) in [4.78, 5) is 18.8. The third kappa shape index (κ3) is 5.61. The van der Waals surface area contributed by atoms with Gasteiger partial charge in [-0.2, -0.15) is 0 Å². The topological polar surface area (TPSA) is 136 Å². The number of hydrogen-bond donors (Lipinski definition) is 2. The molecule has 1 aromatic carbocycles. The van der Waals surface area contributed by atoms with Crippen LogP contribution in [0.1, 0.15) is 33.1 Å². The lowest BCUT2D eigenvalue weighted by Gasteiger charge is -2.26. The van der Waals surface area contributed by atoms with Crippen LogP contribution in [0, 0.1) is 0 Å². The molecule has 0 aliphatic carbocycles. The van der Waals surface area contributed by atoms with Crippen LogP contribution in [0.4, 0.5) is 0 Å². The van der Waals surface area contributed by atoms with Crippen molar-refractivity contribution in [3.63, 3.8) is 0 Å². The first-order valence-electron chi connectivity index (χ1n) is 13.6. The Kier molecular flexibility index (Phi) is 8.76. The fourth-order valence-corrected chi connectivity index (χ4v) is 6.34. The number of nitrogens with one attached hydrogen (secondary N) is 2. The molecular formula is C26H34ClN7O5S. The molecule has 0 radical (unpaired) electrons. The zero-order valence-electron chi connectivity index (χ0n) is 22.7. The fraction of sp³-hybridized carbons (Fsp3) is 0.500. The lowest BCUT2D eigenvalue weighted by Crippen LogP contribution is -2.38. The summed E-state index contributed by atoms with van der Waals surface area (Å²) in [5.41, 5.74) is 1.96. The molecule has 5 rings (SSSR count). The number of H-pyrrole nitrogens is 1. The quantitative estimate of drug-likeness (QED) is 0.240. The lowest BCUT2D eigenvalue weighted by molar-refractivity contribution is 0.0376. The number of rotatable bonds is 12. The monoisotopic (exact) mass is 591 g/mol. The Bertz CT molecular complexity index is 1660. The summed E-state index contributed by atoms with van der Waals surface area (Å²) in [6.07, 6.45) is 3.52. The van der Waals surface area contributed by atoms with Crippen molar-refractivity contribution in [3.8, 4) is 17.0 Å². The first-order chi connectivity index (χ1) is 19.4. The number of aromatic amines is 1. The number of benzene rings is 1. The molecule has 2 N–H and O–H groups in total. The normalized spacial score (nSPS) is 14.9. The maximum absolute atomic E-state index is 13.3. The molecule has 0 atom stereocenters. The Balaban J connectivity index is 1.52. The van der Waals surface area contributed by atoms with Crippen LogP contribution in [0.3, 0.4) is 0 Å². The molecule has 12 nitrogen and oxygen atoms in total. The van der Waals surface area contributed by atoms with E-state index in [0.717, 1.165) is 26.1 Å². The average Bonchev–Trinajstić information content (AvgIpc) is 3.58. The van der Waals surface area contributed by atoms with Crippen molar-refractivity contribution in [1.29, 1.82) is 0 Å². The van der Waals surface area contributed by atoms with Crippen molar-refractivity contribution in [2.75, 3.05) is 46.0 Å². The molecule has 1 aliphatic heterocycles. The number of halogens is 1. The van der Waals surface area contributed by atoms with Crippen molar-refractivity contribution in [2.24, 2.45) is 0 Å². The van der Waals surface area contributed by atoms with Crippen molar-refractivity contribution in [2.45, 2.75) is 44.6 Å². The number of ether oxygens (including phenoxy) is 2. The van der Waals surface area contributed by atoms with Gasteiger partial charge in [0.1, 0.15) is 17.6 Å². The van der Waals surface area contributed by atoms with Gasteiger partial charge in [-0.15, -0.1) is 10.2 Å². The minimum Gasteiger partial charge on any atom is -0.493 e. The molecule has 0 unspecified atom stereocenters. The van der Waals surface area contributed by atoms with E-state index in [4.69, 9.17) is 21.1 Å². The van der Waals surface area contributed by atoms with Crippen LogP contribution >= 0.6 is 11.6 Å². The number of fused-ring (bicyclic) bond motifs is 3. The third-order valence-corrected chi connectivity index (χ3v) is 8.71. The SMILES string of the molecule is CCCOc1ccc(S(=O)(=O)NCCCN2CCOCC2)cc1-c1[nH]c2c(c1Cl)n(CCC)c(=O)n1cnnc21. The number of aromatic nitrogens is 5. The Hall–Kier alpha value is -2.97. The largest absolute Gasteiger partial charge is 0.493 e. The molecule has 216 valence electrons. The van der Waals surface area contributed by atoms with Gasteiger partial charge in [0.15, 0.2) is 5.65 Å². The highest BCUT2D eigenvalue weighted by molar-refractivity contribution is 7.89. The van der Waals surface area contributed by atoms with E-state index in [2.05, 4.69) is 24.8 Å².